The van der Waals surface area contributed by atoms with Crippen LogP contribution in [-0.2, 0) is 35.1 Å². The number of rotatable bonds is 20. The van der Waals surface area contributed by atoms with Crippen LogP contribution in [0.15, 0.2) is 48.7 Å². The maximum Gasteiger partial charge on any atom is 0.318 e. The molecule has 3 atom stereocenters. The van der Waals surface area contributed by atoms with Crippen molar-refractivity contribution in [3.63, 3.8) is 0 Å². The summed E-state index contributed by atoms with van der Waals surface area (Å²) in [5.74, 6) is 0.656. The Labute approximate surface area is 578 Å². The molecule has 15 nitrogen and oxygen atoms in total. The quantitative estimate of drug-likeness (QED) is 0.0556. The van der Waals surface area contributed by atoms with E-state index in [2.05, 4.69) is 113 Å². The highest BCUT2D eigenvalue weighted by atomic mass is 19.1. The van der Waals surface area contributed by atoms with Crippen molar-refractivity contribution in [1.82, 2.24) is 25.2 Å². The SMILES string of the molecule is CC.CC.CCC.CCC.CCCC(CCC)c1ccc(N(C)C2CCC(=O)NC2=O)c(C)c1.CCCC1(CCC)CC(C)C1.CCCC=O.CCc1c(F)ccc2cc(O)cc(-c3ncc4c(N5CCCOCC5)nc(OC)nc4c3F)c12.O=COCC1CCC2CCCN21. The lowest BCUT2D eigenvalue weighted by Crippen LogP contribution is -2.51. The van der Waals surface area contributed by atoms with Crippen LogP contribution in [0.5, 0.6) is 11.8 Å². The molecule has 0 bridgehead atoms. The highest BCUT2D eigenvalue weighted by Crippen LogP contribution is 2.52. The number of methoxy groups -OCH3 is 1. The molecule has 17 heteroatoms. The number of carbonyl (C=O) groups excluding carboxylic acids is 4. The zero-order valence-electron chi connectivity index (χ0n) is 62.7. The third kappa shape index (κ3) is 25.8. The molecule has 3 unspecified atom stereocenters. The molecule has 5 aromatic rings. The normalized spacial score (nSPS) is 17.6. The molecule has 5 aliphatic rings. The fraction of sp³-hybridized carbons (Fsp3) is 0.658. The van der Waals surface area contributed by atoms with Gasteiger partial charge in [0.05, 0.1) is 19.1 Å². The van der Waals surface area contributed by atoms with E-state index in [0.717, 1.165) is 42.2 Å². The number of hydrogen-bond acceptors (Lipinski definition) is 14. The molecule has 10 rings (SSSR count). The van der Waals surface area contributed by atoms with Gasteiger partial charge in [-0.1, -0.05) is 161 Å². The summed E-state index contributed by atoms with van der Waals surface area (Å²) in [6.45, 7) is 38.7. The molecule has 1 aliphatic carbocycles. The van der Waals surface area contributed by atoms with Crippen molar-refractivity contribution in [3.05, 3.63) is 77.0 Å². The summed E-state index contributed by atoms with van der Waals surface area (Å²) in [4.78, 5) is 62.5. The molecule has 1 saturated carbocycles. The van der Waals surface area contributed by atoms with E-state index in [9.17, 15) is 28.7 Å². The summed E-state index contributed by atoms with van der Waals surface area (Å²) >= 11 is 0. The van der Waals surface area contributed by atoms with Crippen LogP contribution in [0.1, 0.15) is 261 Å². The minimum atomic E-state index is -0.691. The first kappa shape index (κ1) is 85.8. The highest BCUT2D eigenvalue weighted by molar-refractivity contribution is 6.03. The molecule has 0 spiro atoms. The lowest BCUT2D eigenvalue weighted by molar-refractivity contribution is -0.134. The van der Waals surface area contributed by atoms with Gasteiger partial charge in [0.1, 0.15) is 47.5 Å². The van der Waals surface area contributed by atoms with Crippen LogP contribution in [0.4, 0.5) is 20.3 Å². The van der Waals surface area contributed by atoms with Crippen LogP contribution >= 0.6 is 0 Å². The number of carbonyl (C=O) groups is 4. The average molecular weight is 1340 g/mol. The summed E-state index contributed by atoms with van der Waals surface area (Å²) in [6.07, 6.45) is 27.6. The number of unbranched alkanes of at least 4 members (excludes halogenated alkanes) is 1. The Balaban J connectivity index is 0.000000437. The molecule has 4 aliphatic heterocycles. The summed E-state index contributed by atoms with van der Waals surface area (Å²) in [6, 6.07) is 13.5. The molecule has 6 heterocycles. The fourth-order valence-electron chi connectivity index (χ4n) is 13.9. The number of amides is 2. The Morgan fingerprint density at radius 1 is 0.812 bits per heavy atom. The molecule has 96 heavy (non-hydrogen) atoms. The van der Waals surface area contributed by atoms with Gasteiger partial charge < -0.3 is 33.9 Å². The van der Waals surface area contributed by atoms with E-state index in [1.807, 2.05) is 58.4 Å². The number of aromatic nitrogens is 3. The van der Waals surface area contributed by atoms with E-state index in [0.29, 0.717) is 110 Å². The average Bonchev–Trinajstić information content (AvgIpc) is 1.21. The van der Waals surface area contributed by atoms with Crippen molar-refractivity contribution in [1.29, 1.82) is 0 Å². The van der Waals surface area contributed by atoms with Crippen molar-refractivity contribution in [2.75, 3.05) is 63.4 Å². The number of likely N-dealkylation sites (N-methyl/N-ethyl adjacent to an activating group) is 1. The van der Waals surface area contributed by atoms with Gasteiger partial charge in [-0.05, 0) is 172 Å². The van der Waals surface area contributed by atoms with E-state index in [-0.39, 0.29) is 40.8 Å². The maximum absolute atomic E-state index is 16.1. The minimum absolute atomic E-state index is 0.0281. The molecule has 2 amide bonds. The van der Waals surface area contributed by atoms with Crippen molar-refractivity contribution in [3.8, 4) is 23.0 Å². The molecule has 2 N–H and O–H groups in total. The van der Waals surface area contributed by atoms with Crippen molar-refractivity contribution in [2.45, 2.75) is 276 Å². The van der Waals surface area contributed by atoms with Gasteiger partial charge in [-0.25, -0.2) is 8.78 Å². The Kier molecular flexibility index (Phi) is 42.5. The predicted molar refractivity (Wildman–Crippen MR) is 395 cm³/mol. The highest BCUT2D eigenvalue weighted by Gasteiger charge is 2.40. The molecule has 4 saturated heterocycles. The van der Waals surface area contributed by atoms with Crippen LogP contribution in [0, 0.1) is 29.9 Å². The third-order valence-corrected chi connectivity index (χ3v) is 17.7. The van der Waals surface area contributed by atoms with Gasteiger partial charge in [-0.2, -0.15) is 9.97 Å². The van der Waals surface area contributed by atoms with Crippen LogP contribution < -0.4 is 19.9 Å². The number of phenolic OH excluding ortho intramolecular Hbond substituents is 1. The van der Waals surface area contributed by atoms with Crippen LogP contribution in [0.2, 0.25) is 0 Å². The molecule has 0 radical (unpaired) electrons. The van der Waals surface area contributed by atoms with E-state index in [1.54, 1.807) is 6.07 Å². The van der Waals surface area contributed by atoms with Crippen LogP contribution in [-0.4, -0.2) is 121 Å². The second-order valence-corrected chi connectivity index (χ2v) is 25.6. The largest absolute Gasteiger partial charge is 0.508 e. The van der Waals surface area contributed by atoms with Crippen LogP contribution in [0.25, 0.3) is 32.9 Å². The second kappa shape index (κ2) is 47.6. The Morgan fingerprint density at radius 3 is 2.03 bits per heavy atom. The second-order valence-electron chi connectivity index (χ2n) is 25.6. The van der Waals surface area contributed by atoms with E-state index < -0.39 is 11.6 Å². The standard InChI is InChI=1S/C25H24F2N4O3.C20H30N2O2.C11H22.C9H15NO2.C4H8O.2C3H8.2C2H6/c1-3-16-19(26)6-5-14-11-15(32)12-17(20(14)16)22-21(27)23-18(13-28-22)24(30-25(29-23)33-2)31-7-4-9-34-10-8-31;1-5-7-15(8-6-2)16-9-10-17(14(3)13-16)22(4)18-11-12-19(23)21-20(18)24;1-4-6-11(7-5-2)8-10(3)9-11;11-7-12-6-9-4-3-8-2-1-5-10(8)9;1-2-3-4-5;2*1-3-2;2*1-2/h5-6,11-13,32H,3-4,7-10H2,1-2H3;9-10,13,15,18H,5-8,11-12H2,1-4H3,(H,21,23,24);10H,4-9H2,1-3H3;7-9H,1-6H2;4H,2-3H2,1H3;2*3H2,1-2H3;2*1-2H3. The molecule has 540 valence electrons. The smallest absolute Gasteiger partial charge is 0.318 e. The lowest BCUT2D eigenvalue weighted by Gasteiger charge is -2.47. The van der Waals surface area contributed by atoms with E-state index in [1.165, 1.54) is 152 Å². The van der Waals surface area contributed by atoms with Crippen LogP contribution in [0.3, 0.4) is 0 Å². The minimum Gasteiger partial charge on any atom is -0.508 e. The summed E-state index contributed by atoms with van der Waals surface area (Å²) in [5, 5.41) is 14.3. The zero-order valence-corrected chi connectivity index (χ0v) is 62.7. The van der Waals surface area contributed by atoms with Gasteiger partial charge >= 0.3 is 6.01 Å². The summed E-state index contributed by atoms with van der Waals surface area (Å²) < 4.78 is 46.3. The number of aromatic hydroxyl groups is 1. The number of imide groups is 1. The number of nitrogens with one attached hydrogen (secondary N) is 1. The first-order valence-corrected chi connectivity index (χ1v) is 37.0. The number of anilines is 2. The number of piperidine rings is 1. The van der Waals surface area contributed by atoms with E-state index >= 15 is 4.39 Å². The zero-order chi connectivity index (χ0) is 71.8. The Bertz CT molecular complexity index is 3000. The number of fused-ring (bicyclic) bond motifs is 3. The first-order valence-electron chi connectivity index (χ1n) is 37.0. The van der Waals surface area contributed by atoms with Crippen molar-refractivity contribution in [2.24, 2.45) is 11.3 Å². The van der Waals surface area contributed by atoms with E-state index in [4.69, 9.17) is 14.2 Å². The van der Waals surface area contributed by atoms with Gasteiger partial charge in [0, 0.05) is 69.1 Å². The van der Waals surface area contributed by atoms with Crippen molar-refractivity contribution < 1.29 is 47.3 Å². The number of aldehydes is 1. The summed E-state index contributed by atoms with van der Waals surface area (Å²) in [7, 11) is 3.37. The fourth-order valence-corrected chi connectivity index (χ4v) is 13.9. The van der Waals surface area contributed by atoms with Gasteiger partial charge in [-0.15, -0.1) is 0 Å². The molecule has 3 aromatic carbocycles. The van der Waals surface area contributed by atoms with Gasteiger partial charge in [0.2, 0.25) is 11.8 Å². The molecule has 2 aromatic heterocycles. The number of halogens is 2. The number of benzene rings is 3. The lowest BCUT2D eigenvalue weighted by atomic mass is 9.58. The number of pyridine rings is 1. The maximum atomic E-state index is 16.1. The number of nitrogens with zero attached hydrogens (tertiary/aromatic N) is 6. The number of phenols is 1. The monoisotopic (exact) mass is 1340 g/mol. The molecular weight excluding hydrogens is 1210 g/mol. The Hall–Kier alpha value is -6.33. The van der Waals surface area contributed by atoms with Gasteiger partial charge in [-0.3, -0.25) is 29.6 Å². The first-order chi connectivity index (χ1) is 46.4. The van der Waals surface area contributed by atoms with Gasteiger partial charge in [0.15, 0.2) is 5.82 Å². The number of ether oxygens (including phenoxy) is 3. The molecular formula is C79H127F2N7O8. The predicted octanol–water partition coefficient (Wildman–Crippen LogP) is 19.2. The topological polar surface area (TPSA) is 177 Å². The third-order valence-electron chi connectivity index (χ3n) is 17.7. The van der Waals surface area contributed by atoms with Gasteiger partial charge in [0.25, 0.3) is 6.47 Å². The molecule has 5 fully saturated rings. The Morgan fingerprint density at radius 2 is 1.48 bits per heavy atom. The summed E-state index contributed by atoms with van der Waals surface area (Å²) in [5.41, 5.74) is 5.20. The number of aryl methyl sites for hydroxylation is 2. The number of hydrogen-bond donors (Lipinski definition) is 2. The van der Waals surface area contributed by atoms with Crippen molar-refractivity contribution >= 4 is 57.8 Å².